The normalized spacial score (nSPS) is 14.2. The summed E-state index contributed by atoms with van der Waals surface area (Å²) in [6, 6.07) is 12.0. The van der Waals surface area contributed by atoms with Crippen LogP contribution in [0.5, 0.6) is 16.7 Å². The predicted molar refractivity (Wildman–Crippen MR) is 125 cm³/mol. The Morgan fingerprint density at radius 1 is 1.06 bits per heavy atom. The second-order valence-corrected chi connectivity index (χ2v) is 8.53. The molecule has 6 nitrogen and oxygen atoms in total. The van der Waals surface area contributed by atoms with Gasteiger partial charge in [0.25, 0.3) is 5.19 Å². The molecule has 162 valence electrons. The number of hydrogen-bond acceptors (Lipinski definition) is 6. The Bertz CT molecular complexity index is 1060. The molecule has 1 aliphatic heterocycles. The van der Waals surface area contributed by atoms with Crippen LogP contribution < -0.4 is 9.47 Å². The predicted octanol–water partition coefficient (Wildman–Crippen LogP) is 5.69. The zero-order valence-electron chi connectivity index (χ0n) is 18.3. The highest BCUT2D eigenvalue weighted by atomic mass is 32.1. The fourth-order valence-electron chi connectivity index (χ4n) is 3.67. The lowest BCUT2D eigenvalue weighted by atomic mass is 10.1. The van der Waals surface area contributed by atoms with Crippen molar-refractivity contribution in [2.75, 3.05) is 20.2 Å². The average molecular weight is 437 g/mol. The van der Waals surface area contributed by atoms with Crippen molar-refractivity contribution in [3.63, 3.8) is 0 Å². The van der Waals surface area contributed by atoms with Gasteiger partial charge in [-0.2, -0.15) is 9.36 Å². The Labute approximate surface area is 187 Å². The van der Waals surface area contributed by atoms with Gasteiger partial charge in [-0.3, -0.25) is 0 Å². The number of methoxy groups -OCH3 is 1. The van der Waals surface area contributed by atoms with E-state index < -0.39 is 0 Å². The van der Waals surface area contributed by atoms with Crippen molar-refractivity contribution in [1.82, 2.24) is 14.3 Å². The molecule has 0 spiro atoms. The summed E-state index contributed by atoms with van der Waals surface area (Å²) in [6.45, 7) is 6.28. The number of rotatable bonds is 7. The van der Waals surface area contributed by atoms with Crippen molar-refractivity contribution >= 4 is 23.6 Å². The van der Waals surface area contributed by atoms with E-state index in [1.54, 1.807) is 7.11 Å². The van der Waals surface area contributed by atoms with E-state index in [0.29, 0.717) is 11.6 Å². The molecule has 2 aromatic carbocycles. The maximum atomic E-state index is 6.07. The number of nitrogens with zero attached hydrogens (tertiary/aromatic N) is 4. The monoisotopic (exact) mass is 436 g/mol. The minimum atomic E-state index is 0.539. The van der Waals surface area contributed by atoms with Crippen LogP contribution in [0.15, 0.2) is 41.4 Å². The second-order valence-electron chi connectivity index (χ2n) is 7.81. The van der Waals surface area contributed by atoms with Gasteiger partial charge in [0.1, 0.15) is 11.5 Å². The maximum absolute atomic E-state index is 6.07. The highest BCUT2D eigenvalue weighted by molar-refractivity contribution is 7.07. The average Bonchev–Trinajstić information content (AvgIpc) is 3.23. The van der Waals surface area contributed by atoms with Gasteiger partial charge >= 0.3 is 0 Å². The molecule has 0 bridgehead atoms. The number of aromatic nitrogens is 2. The summed E-state index contributed by atoms with van der Waals surface area (Å²) in [5.41, 5.74) is 4.13. The van der Waals surface area contributed by atoms with E-state index in [1.165, 1.54) is 30.8 Å². The van der Waals surface area contributed by atoms with Gasteiger partial charge in [-0.15, -0.1) is 0 Å². The Hall–Kier alpha value is -2.93. The zero-order chi connectivity index (χ0) is 21.6. The number of benzene rings is 2. The molecular formula is C24H28N4O2S. The van der Waals surface area contributed by atoms with Gasteiger partial charge in [0.15, 0.2) is 5.82 Å². The van der Waals surface area contributed by atoms with E-state index in [2.05, 4.69) is 27.2 Å². The molecule has 1 saturated heterocycles. The van der Waals surface area contributed by atoms with Crippen LogP contribution in [-0.2, 0) is 6.42 Å². The molecule has 0 radical (unpaired) electrons. The van der Waals surface area contributed by atoms with Crippen LogP contribution in [0, 0.1) is 13.8 Å². The highest BCUT2D eigenvalue weighted by Gasteiger charge is 2.13. The molecule has 1 aliphatic rings. The first-order valence-corrected chi connectivity index (χ1v) is 11.4. The quantitative estimate of drug-likeness (QED) is 0.352. The van der Waals surface area contributed by atoms with E-state index in [4.69, 9.17) is 14.5 Å². The maximum Gasteiger partial charge on any atom is 0.298 e. The SMILES string of the molecule is COc1ccccc1Cc1nsc(Oc2cc(C)c(N=CN3CCCCC3)cc2C)n1. The van der Waals surface area contributed by atoms with Gasteiger partial charge in [0, 0.05) is 36.6 Å². The molecule has 3 aromatic rings. The summed E-state index contributed by atoms with van der Waals surface area (Å²) in [7, 11) is 1.67. The minimum Gasteiger partial charge on any atom is -0.496 e. The van der Waals surface area contributed by atoms with E-state index in [1.807, 2.05) is 43.6 Å². The van der Waals surface area contributed by atoms with E-state index in [0.717, 1.165) is 52.8 Å². The van der Waals surface area contributed by atoms with Crippen molar-refractivity contribution in [3.05, 3.63) is 58.9 Å². The molecular weight excluding hydrogens is 408 g/mol. The first-order valence-electron chi connectivity index (χ1n) is 10.6. The summed E-state index contributed by atoms with van der Waals surface area (Å²) < 4.78 is 15.9. The van der Waals surface area contributed by atoms with Crippen LogP contribution in [0.1, 0.15) is 41.8 Å². The van der Waals surface area contributed by atoms with Crippen LogP contribution >= 0.6 is 11.5 Å². The molecule has 1 aromatic heterocycles. The summed E-state index contributed by atoms with van der Waals surface area (Å²) in [6.07, 6.45) is 6.40. The highest BCUT2D eigenvalue weighted by Crippen LogP contribution is 2.32. The molecule has 1 fully saturated rings. The fraction of sp³-hybridized carbons (Fsp3) is 0.375. The second kappa shape index (κ2) is 9.92. The lowest BCUT2D eigenvalue weighted by Gasteiger charge is -2.23. The first-order chi connectivity index (χ1) is 15.1. The van der Waals surface area contributed by atoms with Crippen molar-refractivity contribution in [1.29, 1.82) is 0 Å². The number of likely N-dealkylation sites (tertiary alicyclic amines) is 1. The third kappa shape index (κ3) is 5.41. The summed E-state index contributed by atoms with van der Waals surface area (Å²) in [5, 5.41) is 0.539. The Morgan fingerprint density at radius 3 is 2.68 bits per heavy atom. The number of piperidine rings is 1. The Morgan fingerprint density at radius 2 is 1.87 bits per heavy atom. The summed E-state index contributed by atoms with van der Waals surface area (Å²) in [4.78, 5) is 11.6. The molecule has 0 unspecified atom stereocenters. The topological polar surface area (TPSA) is 59.8 Å². The van der Waals surface area contributed by atoms with Crippen molar-refractivity contribution < 1.29 is 9.47 Å². The number of para-hydroxylation sites is 1. The smallest absolute Gasteiger partial charge is 0.298 e. The largest absolute Gasteiger partial charge is 0.496 e. The van der Waals surface area contributed by atoms with E-state index in [-0.39, 0.29) is 0 Å². The zero-order valence-corrected chi connectivity index (χ0v) is 19.1. The van der Waals surface area contributed by atoms with Crippen molar-refractivity contribution in [3.8, 4) is 16.7 Å². The summed E-state index contributed by atoms with van der Waals surface area (Å²) >= 11 is 1.26. The van der Waals surface area contributed by atoms with Crippen molar-refractivity contribution in [2.45, 2.75) is 39.5 Å². The third-order valence-electron chi connectivity index (χ3n) is 5.43. The van der Waals surface area contributed by atoms with Gasteiger partial charge in [0.2, 0.25) is 0 Å². The number of aliphatic imine (C=N–C) groups is 1. The number of ether oxygens (including phenoxy) is 2. The molecule has 7 heteroatoms. The van der Waals surface area contributed by atoms with E-state index in [9.17, 15) is 0 Å². The number of hydrogen-bond donors (Lipinski definition) is 0. The van der Waals surface area contributed by atoms with Gasteiger partial charge in [-0.05, 0) is 62.4 Å². The fourth-order valence-corrected chi connectivity index (χ4v) is 4.23. The molecule has 31 heavy (non-hydrogen) atoms. The van der Waals surface area contributed by atoms with Gasteiger partial charge in [-0.1, -0.05) is 18.2 Å². The van der Waals surface area contributed by atoms with Crippen LogP contribution in [0.3, 0.4) is 0 Å². The molecule has 0 aliphatic carbocycles. The molecule has 0 N–H and O–H groups in total. The number of aryl methyl sites for hydroxylation is 2. The molecule has 0 atom stereocenters. The van der Waals surface area contributed by atoms with Gasteiger partial charge in [-0.25, -0.2) is 4.99 Å². The lowest BCUT2D eigenvalue weighted by molar-refractivity contribution is 0.351. The molecule has 0 amide bonds. The van der Waals surface area contributed by atoms with Crippen LogP contribution in [-0.4, -0.2) is 40.8 Å². The molecule has 0 saturated carbocycles. The summed E-state index contributed by atoms with van der Waals surface area (Å²) in [5.74, 6) is 2.35. The van der Waals surface area contributed by atoms with Crippen molar-refractivity contribution in [2.24, 2.45) is 4.99 Å². The standard InChI is InChI=1S/C24H28N4O2S/c1-17-14-22(18(2)13-20(17)25-16-28-11-7-4-8-12-28)30-24-26-23(27-31-24)15-19-9-5-6-10-21(19)29-3/h5-6,9-10,13-14,16H,4,7-8,11-12,15H2,1-3H3. The minimum absolute atomic E-state index is 0.539. The van der Waals surface area contributed by atoms with Gasteiger partial charge in [0.05, 0.1) is 19.1 Å². The van der Waals surface area contributed by atoms with E-state index >= 15 is 0 Å². The Kier molecular flexibility index (Phi) is 6.82. The first kappa shape index (κ1) is 21.3. The Balaban J connectivity index is 1.45. The molecule has 4 rings (SSSR count). The van der Waals surface area contributed by atoms with Crippen LogP contribution in [0.2, 0.25) is 0 Å². The lowest BCUT2D eigenvalue weighted by Crippen LogP contribution is -2.28. The van der Waals surface area contributed by atoms with Gasteiger partial charge < -0.3 is 14.4 Å². The third-order valence-corrected chi connectivity index (χ3v) is 6.06. The van der Waals surface area contributed by atoms with Crippen LogP contribution in [0.25, 0.3) is 0 Å². The van der Waals surface area contributed by atoms with Crippen LogP contribution in [0.4, 0.5) is 5.69 Å². The molecule has 2 heterocycles.